The number of anilines is 1. The predicted molar refractivity (Wildman–Crippen MR) is 109 cm³/mol. The molecule has 2 aromatic heterocycles. The zero-order chi connectivity index (χ0) is 21.8. The molecule has 2 aromatic rings. The third-order valence-corrected chi connectivity index (χ3v) is 6.90. The molecule has 4 heterocycles. The fraction of sp³-hybridized carbons (Fsp3) is 0.522. The van der Waals surface area contributed by atoms with Gasteiger partial charge in [0.1, 0.15) is 5.69 Å². The first kappa shape index (κ1) is 20.3. The zero-order valence-electron chi connectivity index (χ0n) is 17.5. The Morgan fingerprint density at radius 2 is 1.94 bits per heavy atom. The Bertz CT molecular complexity index is 1040. The molecule has 8 heteroatoms. The van der Waals surface area contributed by atoms with E-state index in [2.05, 4.69) is 11.9 Å². The van der Waals surface area contributed by atoms with Crippen molar-refractivity contribution in [1.29, 1.82) is 0 Å². The Balaban J connectivity index is 1.29. The van der Waals surface area contributed by atoms with Crippen LogP contribution in [0.25, 0.3) is 0 Å². The van der Waals surface area contributed by atoms with E-state index >= 15 is 0 Å². The lowest BCUT2D eigenvalue weighted by Gasteiger charge is -2.22. The average molecular weight is 430 g/mol. The molecule has 0 spiro atoms. The van der Waals surface area contributed by atoms with Gasteiger partial charge in [-0.05, 0) is 67.9 Å². The van der Waals surface area contributed by atoms with Crippen LogP contribution in [0.1, 0.15) is 53.0 Å². The lowest BCUT2D eigenvalue weighted by atomic mass is 9.90. The summed E-state index contributed by atoms with van der Waals surface area (Å²) >= 11 is 0. The Hall–Kier alpha value is -2.64. The summed E-state index contributed by atoms with van der Waals surface area (Å²) in [6.45, 7) is 4.26. The second-order valence-corrected chi connectivity index (χ2v) is 8.82. The van der Waals surface area contributed by atoms with Crippen LogP contribution in [0.2, 0.25) is 0 Å². The van der Waals surface area contributed by atoms with E-state index in [4.69, 9.17) is 4.98 Å². The summed E-state index contributed by atoms with van der Waals surface area (Å²) < 4.78 is 39.0. The summed E-state index contributed by atoms with van der Waals surface area (Å²) in [5.74, 6) is -0.144. The fourth-order valence-corrected chi connectivity index (χ4v) is 5.20. The number of halogens is 3. The van der Waals surface area contributed by atoms with E-state index in [9.17, 15) is 18.0 Å². The molecule has 5 rings (SSSR count). The van der Waals surface area contributed by atoms with Crippen molar-refractivity contribution in [3.8, 4) is 0 Å². The maximum atomic E-state index is 13.2. The first-order chi connectivity index (χ1) is 14.8. The molecule has 3 aliphatic rings. The topological polar surface area (TPSA) is 49.3 Å². The number of amides is 1. The Morgan fingerprint density at radius 3 is 2.74 bits per heavy atom. The van der Waals surface area contributed by atoms with Gasteiger partial charge in [-0.25, -0.2) is 0 Å². The molecule has 5 nitrogen and oxygen atoms in total. The van der Waals surface area contributed by atoms with Crippen LogP contribution in [0, 0.1) is 12.8 Å². The highest BCUT2D eigenvalue weighted by Gasteiger charge is 2.37. The standard InChI is InChI=1S/C23H25F3N4O/c1-14-17-4-2-3-5-19(17)28-20-13-30(12-18(14)20)22(31)15-7-9-29(11-15)16-6-8-27-21(10-16)23(24,25)26/h6,8,10,15H,2-5,7,9,11-13H2,1H3/t15-/m1/s1. The van der Waals surface area contributed by atoms with E-state index in [0.29, 0.717) is 38.3 Å². The van der Waals surface area contributed by atoms with Crippen molar-refractivity contribution in [2.45, 2.75) is 58.3 Å². The third kappa shape index (κ3) is 3.66. The van der Waals surface area contributed by atoms with Crippen molar-refractivity contribution in [3.05, 3.63) is 52.1 Å². The number of hydrogen-bond acceptors (Lipinski definition) is 4. The minimum absolute atomic E-state index is 0.0722. The molecule has 1 aliphatic carbocycles. The summed E-state index contributed by atoms with van der Waals surface area (Å²) in [4.78, 5) is 25.3. The van der Waals surface area contributed by atoms with Crippen LogP contribution < -0.4 is 4.90 Å². The van der Waals surface area contributed by atoms with E-state index in [1.807, 2.05) is 9.80 Å². The molecule has 164 valence electrons. The molecule has 1 amide bonds. The molecule has 1 saturated heterocycles. The third-order valence-electron chi connectivity index (χ3n) is 6.90. The van der Waals surface area contributed by atoms with Gasteiger partial charge in [0.2, 0.25) is 5.91 Å². The van der Waals surface area contributed by atoms with Crippen LogP contribution >= 0.6 is 0 Å². The molecule has 0 radical (unpaired) electrons. The van der Waals surface area contributed by atoms with Gasteiger partial charge in [0.15, 0.2) is 0 Å². The fourth-order valence-electron chi connectivity index (χ4n) is 5.20. The predicted octanol–water partition coefficient (Wildman–Crippen LogP) is 4.05. The van der Waals surface area contributed by atoms with Crippen molar-refractivity contribution in [2.75, 3.05) is 18.0 Å². The minimum Gasteiger partial charge on any atom is -0.371 e. The SMILES string of the molecule is Cc1c2c(nc3c1CN(C(=O)[C@@H]1CCN(c4ccnc(C(F)(F)F)c4)C1)C3)CCCC2. The van der Waals surface area contributed by atoms with Crippen LogP contribution in [0.5, 0.6) is 0 Å². The van der Waals surface area contributed by atoms with Crippen LogP contribution in [0.15, 0.2) is 18.3 Å². The van der Waals surface area contributed by atoms with Gasteiger partial charge in [0.25, 0.3) is 0 Å². The van der Waals surface area contributed by atoms with Crippen molar-refractivity contribution in [2.24, 2.45) is 5.92 Å². The quantitative estimate of drug-likeness (QED) is 0.721. The lowest BCUT2D eigenvalue weighted by Crippen LogP contribution is -2.34. The Kier molecular flexibility index (Phi) is 4.90. The average Bonchev–Trinajstić information content (AvgIpc) is 3.41. The number of aromatic nitrogens is 2. The highest BCUT2D eigenvalue weighted by Crippen LogP contribution is 2.35. The van der Waals surface area contributed by atoms with E-state index in [-0.39, 0.29) is 11.8 Å². The van der Waals surface area contributed by atoms with Gasteiger partial charge in [-0.2, -0.15) is 13.2 Å². The van der Waals surface area contributed by atoms with Crippen molar-refractivity contribution in [1.82, 2.24) is 14.9 Å². The highest BCUT2D eigenvalue weighted by molar-refractivity contribution is 5.81. The van der Waals surface area contributed by atoms with Gasteiger partial charge in [0, 0.05) is 37.2 Å². The number of alkyl halides is 3. The molecule has 0 saturated carbocycles. The first-order valence-electron chi connectivity index (χ1n) is 10.9. The number of aryl methyl sites for hydroxylation is 1. The lowest BCUT2D eigenvalue weighted by molar-refractivity contribution is -0.141. The minimum atomic E-state index is -4.48. The Morgan fingerprint density at radius 1 is 1.13 bits per heavy atom. The molecule has 0 unspecified atom stereocenters. The van der Waals surface area contributed by atoms with Crippen LogP contribution in [-0.2, 0) is 36.9 Å². The Labute approximate surface area is 179 Å². The van der Waals surface area contributed by atoms with E-state index in [1.54, 1.807) is 6.07 Å². The van der Waals surface area contributed by atoms with Crippen molar-refractivity contribution in [3.63, 3.8) is 0 Å². The summed E-state index contributed by atoms with van der Waals surface area (Å²) in [5.41, 5.74) is 5.62. The van der Waals surface area contributed by atoms with Gasteiger partial charge < -0.3 is 9.80 Å². The largest absolute Gasteiger partial charge is 0.433 e. The molecule has 31 heavy (non-hydrogen) atoms. The van der Waals surface area contributed by atoms with Crippen LogP contribution in [0.4, 0.5) is 18.9 Å². The van der Waals surface area contributed by atoms with Gasteiger partial charge >= 0.3 is 6.18 Å². The van der Waals surface area contributed by atoms with Gasteiger partial charge in [0.05, 0.1) is 18.2 Å². The summed E-state index contributed by atoms with van der Waals surface area (Å²) in [5, 5.41) is 0. The van der Waals surface area contributed by atoms with Crippen LogP contribution in [-0.4, -0.2) is 33.9 Å². The second-order valence-electron chi connectivity index (χ2n) is 8.82. The van der Waals surface area contributed by atoms with E-state index < -0.39 is 11.9 Å². The molecule has 0 bridgehead atoms. The van der Waals surface area contributed by atoms with Gasteiger partial charge in [-0.3, -0.25) is 14.8 Å². The summed E-state index contributed by atoms with van der Waals surface area (Å²) in [6, 6.07) is 2.64. The second kappa shape index (κ2) is 7.50. The maximum absolute atomic E-state index is 13.2. The van der Waals surface area contributed by atoms with Crippen molar-refractivity contribution < 1.29 is 18.0 Å². The molecule has 0 aromatic carbocycles. The number of pyridine rings is 2. The van der Waals surface area contributed by atoms with Crippen molar-refractivity contribution >= 4 is 11.6 Å². The number of carbonyl (C=O) groups is 1. The highest BCUT2D eigenvalue weighted by atomic mass is 19.4. The molecular formula is C23H25F3N4O. The molecule has 0 N–H and O–H groups in total. The number of carbonyl (C=O) groups excluding carboxylic acids is 1. The molecular weight excluding hydrogens is 405 g/mol. The number of hydrogen-bond donors (Lipinski definition) is 0. The van der Waals surface area contributed by atoms with Gasteiger partial charge in [-0.15, -0.1) is 0 Å². The number of fused-ring (bicyclic) bond motifs is 2. The normalized spacial score (nSPS) is 20.7. The first-order valence-corrected chi connectivity index (χ1v) is 10.9. The number of nitrogens with zero attached hydrogens (tertiary/aromatic N) is 4. The van der Waals surface area contributed by atoms with E-state index in [0.717, 1.165) is 24.6 Å². The smallest absolute Gasteiger partial charge is 0.371 e. The summed E-state index contributed by atoms with van der Waals surface area (Å²) in [6.07, 6.45) is 1.79. The zero-order valence-corrected chi connectivity index (χ0v) is 17.5. The van der Waals surface area contributed by atoms with Crippen LogP contribution in [0.3, 0.4) is 0 Å². The molecule has 1 atom stereocenters. The summed E-state index contributed by atoms with van der Waals surface area (Å²) in [7, 11) is 0. The monoisotopic (exact) mass is 430 g/mol. The maximum Gasteiger partial charge on any atom is 0.433 e. The molecule has 1 fully saturated rings. The number of rotatable bonds is 2. The van der Waals surface area contributed by atoms with E-state index in [1.165, 1.54) is 41.4 Å². The molecule has 2 aliphatic heterocycles. The van der Waals surface area contributed by atoms with Gasteiger partial charge in [-0.1, -0.05) is 0 Å².